The first-order valence-electron chi connectivity index (χ1n) is 13.2. The summed E-state index contributed by atoms with van der Waals surface area (Å²) in [4.78, 5) is 28.6. The van der Waals surface area contributed by atoms with Crippen molar-refractivity contribution in [1.82, 2.24) is 10.6 Å². The van der Waals surface area contributed by atoms with Gasteiger partial charge in [-0.15, -0.1) is 0 Å². The molecule has 1 aromatic carbocycles. The maximum Gasteiger partial charge on any atom is 0.237 e. The maximum atomic E-state index is 15.0. The van der Waals surface area contributed by atoms with Crippen LogP contribution < -0.4 is 10.6 Å². The molecule has 1 spiro atoms. The number of alkyl halides is 1. The number of nitrogens with one attached hydrogen (secondary N) is 2. The largest absolute Gasteiger partial charge is 0.390 e. The Kier molecular flexibility index (Phi) is 8.67. The molecule has 2 aliphatic heterocycles. The second-order valence-corrected chi connectivity index (χ2v) is 14.5. The van der Waals surface area contributed by atoms with Crippen molar-refractivity contribution in [3.05, 3.63) is 51.8 Å². The van der Waals surface area contributed by atoms with E-state index in [0.717, 1.165) is 11.8 Å². The maximum absolute atomic E-state index is 15.0. The van der Waals surface area contributed by atoms with Crippen molar-refractivity contribution in [2.24, 2.45) is 17.3 Å². The number of hydrogen-bond donors (Lipinski definition) is 3. The molecule has 3 N–H and O–H groups in total. The molecule has 0 radical (unpaired) electrons. The van der Waals surface area contributed by atoms with Crippen LogP contribution in [0.1, 0.15) is 59.4 Å². The average molecular weight is 602 g/mol. The molecule has 5 atom stereocenters. The van der Waals surface area contributed by atoms with Gasteiger partial charge in [-0.3, -0.25) is 9.59 Å². The van der Waals surface area contributed by atoms with E-state index < -0.39 is 41.5 Å². The lowest BCUT2D eigenvalue weighted by molar-refractivity contribution is -0.128. The molecule has 39 heavy (non-hydrogen) atoms. The summed E-state index contributed by atoms with van der Waals surface area (Å²) < 4.78 is 27.9. The summed E-state index contributed by atoms with van der Waals surface area (Å²) in [6.07, 6.45) is 6.31. The zero-order valence-corrected chi connectivity index (χ0v) is 25.1. The third kappa shape index (κ3) is 5.96. The molecule has 10 heteroatoms. The zero-order valence-electron chi connectivity index (χ0n) is 22.8. The van der Waals surface area contributed by atoms with Gasteiger partial charge in [0, 0.05) is 27.9 Å². The van der Waals surface area contributed by atoms with Crippen LogP contribution in [0, 0.1) is 23.1 Å². The van der Waals surface area contributed by atoms with Gasteiger partial charge in [-0.05, 0) is 61.3 Å². The van der Waals surface area contributed by atoms with E-state index in [2.05, 4.69) is 31.4 Å². The van der Waals surface area contributed by atoms with Crippen molar-refractivity contribution in [3.63, 3.8) is 0 Å². The van der Waals surface area contributed by atoms with E-state index in [-0.39, 0.29) is 38.5 Å². The highest BCUT2D eigenvalue weighted by Gasteiger charge is 2.66. The lowest BCUT2D eigenvalue weighted by Crippen LogP contribution is -2.57. The predicted molar refractivity (Wildman–Crippen MR) is 152 cm³/mol. The van der Waals surface area contributed by atoms with Gasteiger partial charge in [0.2, 0.25) is 11.0 Å². The molecule has 0 bridgehead atoms. The number of carbonyl (C=O) groups excluding carboxylic acids is 2. The highest BCUT2D eigenvalue weighted by Crippen LogP contribution is 2.59. The normalized spacial score (nSPS) is 33.5. The topological polar surface area (TPSA) is 78.4 Å². The number of thioether (sulfide) groups is 1. The minimum absolute atomic E-state index is 0.0317. The van der Waals surface area contributed by atoms with E-state index in [9.17, 15) is 23.5 Å². The number of fused-ring (bicyclic) bond motifs is 2. The third-order valence-electron chi connectivity index (χ3n) is 8.03. The van der Waals surface area contributed by atoms with Crippen LogP contribution >= 0.6 is 35.0 Å². The second-order valence-electron chi connectivity index (χ2n) is 12.6. The number of halogens is 4. The van der Waals surface area contributed by atoms with E-state index in [4.69, 9.17) is 23.2 Å². The van der Waals surface area contributed by atoms with Gasteiger partial charge in [0.15, 0.2) is 0 Å². The van der Waals surface area contributed by atoms with Gasteiger partial charge in [0.05, 0.1) is 22.1 Å². The Morgan fingerprint density at radius 3 is 2.62 bits per heavy atom. The summed E-state index contributed by atoms with van der Waals surface area (Å²) in [5.41, 5.74) is -1.72. The first kappa shape index (κ1) is 30.5. The van der Waals surface area contributed by atoms with Crippen LogP contribution in [0.4, 0.5) is 8.78 Å². The van der Waals surface area contributed by atoms with Crippen molar-refractivity contribution in [2.75, 3.05) is 6.67 Å². The summed E-state index contributed by atoms with van der Waals surface area (Å²) in [5.74, 6) is -1.85. The number of benzene rings is 1. The Hall–Kier alpha value is -1.45. The molecule has 1 aromatic rings. The summed E-state index contributed by atoms with van der Waals surface area (Å²) in [6.45, 7) is 9.01. The third-order valence-corrected chi connectivity index (χ3v) is 9.62. The molecule has 1 unspecified atom stereocenters. The van der Waals surface area contributed by atoms with Crippen LogP contribution in [0.2, 0.25) is 5.02 Å². The van der Waals surface area contributed by atoms with Crippen molar-refractivity contribution in [2.45, 2.75) is 87.9 Å². The number of carbonyl (C=O) groups is 2. The number of rotatable bonds is 7. The first-order chi connectivity index (χ1) is 18.1. The smallest absolute Gasteiger partial charge is 0.237 e. The highest BCUT2D eigenvalue weighted by atomic mass is 35.5. The monoisotopic (exact) mass is 600 g/mol. The van der Waals surface area contributed by atoms with E-state index >= 15 is 0 Å². The van der Waals surface area contributed by atoms with Gasteiger partial charge in [-0.1, -0.05) is 74.8 Å². The van der Waals surface area contributed by atoms with Gasteiger partial charge in [-0.2, -0.15) is 0 Å². The fourth-order valence-electron chi connectivity index (χ4n) is 6.51. The SMILES string of the molecule is CC(/C=C\C=C(\Cl)CF)[C@H]1[C@H](C(=O)N[C@H]2C[C@@](C)(O)C2)N[C@H](CC(C)(C)C)[C@]12C(=O)Sc1cc(Cl)c(F)cc12. The molecule has 3 aliphatic rings. The van der Waals surface area contributed by atoms with Gasteiger partial charge >= 0.3 is 0 Å². The Bertz CT molecular complexity index is 1210. The van der Waals surface area contributed by atoms with Crippen molar-refractivity contribution in [1.29, 1.82) is 0 Å². The van der Waals surface area contributed by atoms with Gasteiger partial charge in [0.25, 0.3) is 0 Å². The van der Waals surface area contributed by atoms with Crippen LogP contribution in [0.15, 0.2) is 40.3 Å². The van der Waals surface area contributed by atoms with Crippen molar-refractivity contribution >= 4 is 46.0 Å². The molecule has 1 saturated heterocycles. The van der Waals surface area contributed by atoms with Crippen LogP contribution in [0.3, 0.4) is 0 Å². The van der Waals surface area contributed by atoms with Crippen LogP contribution in [-0.2, 0) is 15.0 Å². The zero-order chi connectivity index (χ0) is 28.9. The minimum Gasteiger partial charge on any atom is -0.390 e. The second kappa shape index (κ2) is 11.1. The first-order valence-corrected chi connectivity index (χ1v) is 14.8. The summed E-state index contributed by atoms with van der Waals surface area (Å²) in [6, 6.07) is 1.41. The van der Waals surface area contributed by atoms with Gasteiger partial charge < -0.3 is 15.7 Å². The Morgan fingerprint density at radius 2 is 2.03 bits per heavy atom. The standard InChI is InChI=1S/C29H36Cl2F2N2O3S/c1-15(7-6-8-16(30)14-32)23-24(25(36)34-17-11-28(5,38)12-17)35-22(13-27(2,3)4)29(23)18-9-20(33)19(31)10-21(18)39-26(29)37/h6-10,15,17,22-24,35,38H,11-14H2,1-5H3,(H,34,36)/b7-6-,16-8+/t15?,17-,22-,23+,24-,28+,29+/m1/s1. The van der Waals surface area contributed by atoms with Crippen LogP contribution in [-0.4, -0.2) is 46.5 Å². The molecular weight excluding hydrogens is 565 g/mol. The molecular formula is C29H36Cl2F2N2O3S. The molecule has 0 aromatic heterocycles. The molecule has 1 amide bonds. The fourth-order valence-corrected chi connectivity index (χ4v) is 8.08. The lowest BCUT2D eigenvalue weighted by Gasteiger charge is -2.42. The van der Waals surface area contributed by atoms with E-state index in [0.29, 0.717) is 29.7 Å². The minimum atomic E-state index is -1.22. The summed E-state index contributed by atoms with van der Waals surface area (Å²) >= 11 is 13.0. The van der Waals surface area contributed by atoms with Gasteiger partial charge in [-0.25, -0.2) is 8.78 Å². The van der Waals surface area contributed by atoms with Crippen molar-refractivity contribution in [3.8, 4) is 0 Å². The number of amides is 1. The molecule has 2 heterocycles. The quantitative estimate of drug-likeness (QED) is 0.332. The Morgan fingerprint density at radius 1 is 1.36 bits per heavy atom. The van der Waals surface area contributed by atoms with Crippen LogP contribution in [0.25, 0.3) is 0 Å². The van der Waals surface area contributed by atoms with E-state index in [1.807, 2.05) is 13.0 Å². The molecule has 1 aliphatic carbocycles. The van der Waals surface area contributed by atoms with Crippen LogP contribution in [0.5, 0.6) is 0 Å². The Balaban J connectivity index is 1.84. The Labute approximate surface area is 243 Å². The molecule has 4 rings (SSSR count). The highest BCUT2D eigenvalue weighted by molar-refractivity contribution is 8.14. The number of hydrogen-bond acceptors (Lipinski definition) is 5. The van der Waals surface area contributed by atoms with Crippen molar-refractivity contribution < 1.29 is 23.5 Å². The van der Waals surface area contributed by atoms with E-state index in [1.54, 1.807) is 13.0 Å². The average Bonchev–Trinajstić information content (AvgIpc) is 3.27. The molecule has 214 valence electrons. The van der Waals surface area contributed by atoms with E-state index in [1.165, 1.54) is 18.2 Å². The summed E-state index contributed by atoms with van der Waals surface area (Å²) in [7, 11) is 0. The number of allylic oxidation sites excluding steroid dienone is 4. The molecule has 1 saturated carbocycles. The molecule has 2 fully saturated rings. The predicted octanol–water partition coefficient (Wildman–Crippen LogP) is 6.06. The lowest BCUT2D eigenvalue weighted by atomic mass is 9.61. The molecule has 5 nitrogen and oxygen atoms in total. The fraction of sp³-hybridized carbons (Fsp3) is 0.586. The van der Waals surface area contributed by atoms with Gasteiger partial charge in [0.1, 0.15) is 12.5 Å². The summed E-state index contributed by atoms with van der Waals surface area (Å²) in [5, 5.41) is 16.5. The number of aliphatic hydroxyl groups is 1.